The molecule has 2 rings (SSSR count). The fourth-order valence-corrected chi connectivity index (χ4v) is 2.39. The van der Waals surface area contributed by atoms with Gasteiger partial charge in [-0.3, -0.25) is 4.79 Å². The van der Waals surface area contributed by atoms with E-state index in [0.717, 1.165) is 25.9 Å². The summed E-state index contributed by atoms with van der Waals surface area (Å²) in [5.41, 5.74) is 0.771. The van der Waals surface area contributed by atoms with E-state index in [1.807, 2.05) is 18.2 Å². The molecule has 0 spiro atoms. The number of aliphatic hydroxyl groups excluding tert-OH is 1. The minimum Gasteiger partial charge on any atom is -0.378 e. The van der Waals surface area contributed by atoms with Crippen LogP contribution in [0.4, 0.5) is 0 Å². The van der Waals surface area contributed by atoms with E-state index in [1.54, 1.807) is 12.1 Å². The van der Waals surface area contributed by atoms with E-state index in [9.17, 15) is 9.90 Å². The molecule has 0 saturated carbocycles. The quantitative estimate of drug-likeness (QED) is 0.792. The van der Waals surface area contributed by atoms with Crippen molar-refractivity contribution in [1.29, 1.82) is 0 Å². The molecule has 5 heteroatoms. The second kappa shape index (κ2) is 7.62. The maximum Gasteiger partial charge on any atom is 0.253 e. The summed E-state index contributed by atoms with van der Waals surface area (Å²) >= 11 is 0. The van der Waals surface area contributed by atoms with Crippen molar-refractivity contribution < 1.29 is 9.90 Å². The molecule has 1 aromatic carbocycles. The lowest BCUT2D eigenvalue weighted by molar-refractivity contribution is -0.130. The zero-order valence-electron chi connectivity index (χ0n) is 11.8. The molecular formula is C15H23ClN2O2. The monoisotopic (exact) mass is 298 g/mol. The van der Waals surface area contributed by atoms with Gasteiger partial charge in [-0.05, 0) is 36.9 Å². The van der Waals surface area contributed by atoms with Gasteiger partial charge in [0.1, 0.15) is 0 Å². The summed E-state index contributed by atoms with van der Waals surface area (Å²) < 4.78 is 0. The minimum atomic E-state index is -1.08. The first kappa shape index (κ1) is 17.0. The molecule has 0 bridgehead atoms. The Bertz CT molecular complexity index is 419. The molecule has 0 radical (unpaired) electrons. The molecule has 0 aliphatic carbocycles. The van der Waals surface area contributed by atoms with E-state index < -0.39 is 6.10 Å². The van der Waals surface area contributed by atoms with Crippen molar-refractivity contribution in [2.75, 3.05) is 19.6 Å². The number of aliphatic hydroxyl groups is 1. The second-order valence-electron chi connectivity index (χ2n) is 5.59. The summed E-state index contributed by atoms with van der Waals surface area (Å²) in [7, 11) is 0. The largest absolute Gasteiger partial charge is 0.378 e. The Labute approximate surface area is 126 Å². The molecule has 1 heterocycles. The summed E-state index contributed by atoms with van der Waals surface area (Å²) in [5.74, 6) is -0.314. The number of piperidine rings is 1. The summed E-state index contributed by atoms with van der Waals surface area (Å²) in [5, 5.41) is 16.2. The van der Waals surface area contributed by atoms with Crippen molar-refractivity contribution in [3.8, 4) is 0 Å². The van der Waals surface area contributed by atoms with Crippen molar-refractivity contribution in [3.05, 3.63) is 35.9 Å². The first-order valence-electron chi connectivity index (χ1n) is 6.82. The van der Waals surface area contributed by atoms with Gasteiger partial charge in [-0.15, -0.1) is 12.4 Å². The molecular weight excluding hydrogens is 276 g/mol. The third-order valence-electron chi connectivity index (χ3n) is 3.86. The van der Waals surface area contributed by atoms with Crippen LogP contribution in [-0.4, -0.2) is 30.6 Å². The molecule has 0 aromatic heterocycles. The molecule has 1 amide bonds. The summed E-state index contributed by atoms with van der Waals surface area (Å²) in [6, 6.07) is 9.02. The Balaban J connectivity index is 0.00000200. The predicted molar refractivity (Wildman–Crippen MR) is 81.9 cm³/mol. The number of amides is 1. The first-order valence-corrected chi connectivity index (χ1v) is 6.82. The van der Waals surface area contributed by atoms with E-state index in [4.69, 9.17) is 0 Å². The number of carbonyl (C=O) groups excluding carboxylic acids is 1. The van der Waals surface area contributed by atoms with Crippen LogP contribution >= 0.6 is 12.4 Å². The maximum absolute atomic E-state index is 12.0. The highest BCUT2D eigenvalue weighted by molar-refractivity contribution is 5.85. The SMILES string of the molecule is CC1(CNC(=O)C(O)c2ccccc2)CCNCC1.Cl. The predicted octanol–water partition coefficient (Wildman–Crippen LogP) is 1.65. The smallest absolute Gasteiger partial charge is 0.253 e. The van der Waals surface area contributed by atoms with Gasteiger partial charge in [-0.1, -0.05) is 37.3 Å². The molecule has 1 aliphatic rings. The van der Waals surface area contributed by atoms with Gasteiger partial charge in [0.15, 0.2) is 6.10 Å². The van der Waals surface area contributed by atoms with Crippen molar-refractivity contribution >= 4 is 18.3 Å². The lowest BCUT2D eigenvalue weighted by atomic mass is 9.81. The van der Waals surface area contributed by atoms with E-state index in [-0.39, 0.29) is 23.7 Å². The summed E-state index contributed by atoms with van der Waals surface area (Å²) in [6.45, 7) is 4.79. The molecule has 1 saturated heterocycles. The summed E-state index contributed by atoms with van der Waals surface area (Å²) in [4.78, 5) is 12.0. The number of rotatable bonds is 4. The molecule has 1 aromatic rings. The van der Waals surface area contributed by atoms with Crippen LogP contribution in [0.15, 0.2) is 30.3 Å². The van der Waals surface area contributed by atoms with Gasteiger partial charge in [-0.25, -0.2) is 0 Å². The Morgan fingerprint density at radius 3 is 2.55 bits per heavy atom. The number of hydrogen-bond donors (Lipinski definition) is 3. The third kappa shape index (κ3) is 4.47. The standard InChI is InChI=1S/C15H22N2O2.ClH/c1-15(7-9-16-10-8-15)11-17-14(19)13(18)12-5-3-2-4-6-12;/h2-6,13,16,18H,7-11H2,1H3,(H,17,19);1H. The highest BCUT2D eigenvalue weighted by Crippen LogP contribution is 2.27. The lowest BCUT2D eigenvalue weighted by Gasteiger charge is -2.34. The van der Waals surface area contributed by atoms with E-state index in [1.165, 1.54) is 0 Å². The van der Waals surface area contributed by atoms with E-state index in [2.05, 4.69) is 17.6 Å². The van der Waals surface area contributed by atoms with Gasteiger partial charge in [0.25, 0.3) is 5.91 Å². The van der Waals surface area contributed by atoms with Crippen molar-refractivity contribution in [3.63, 3.8) is 0 Å². The molecule has 20 heavy (non-hydrogen) atoms. The van der Waals surface area contributed by atoms with Crippen LogP contribution in [0.5, 0.6) is 0 Å². The van der Waals surface area contributed by atoms with Gasteiger partial charge in [0.05, 0.1) is 0 Å². The highest BCUT2D eigenvalue weighted by Gasteiger charge is 2.28. The Hall–Kier alpha value is -1.10. The average molecular weight is 299 g/mol. The molecule has 4 nitrogen and oxygen atoms in total. The fraction of sp³-hybridized carbons (Fsp3) is 0.533. The van der Waals surface area contributed by atoms with Gasteiger partial charge >= 0.3 is 0 Å². The molecule has 1 unspecified atom stereocenters. The van der Waals surface area contributed by atoms with Crippen LogP contribution < -0.4 is 10.6 Å². The number of halogens is 1. The topological polar surface area (TPSA) is 61.4 Å². The maximum atomic E-state index is 12.0. The van der Waals surface area contributed by atoms with Gasteiger partial charge in [-0.2, -0.15) is 0 Å². The minimum absolute atomic E-state index is 0. The van der Waals surface area contributed by atoms with Crippen LogP contribution in [-0.2, 0) is 4.79 Å². The summed E-state index contributed by atoms with van der Waals surface area (Å²) in [6.07, 6.45) is 1.02. The number of benzene rings is 1. The second-order valence-corrected chi connectivity index (χ2v) is 5.59. The molecule has 3 N–H and O–H groups in total. The first-order chi connectivity index (χ1) is 9.11. The van der Waals surface area contributed by atoms with Crippen LogP contribution in [0, 0.1) is 5.41 Å². The van der Waals surface area contributed by atoms with Crippen molar-refractivity contribution in [1.82, 2.24) is 10.6 Å². The fourth-order valence-electron chi connectivity index (χ4n) is 2.39. The van der Waals surface area contributed by atoms with Crippen molar-refractivity contribution in [2.45, 2.75) is 25.9 Å². The number of carbonyl (C=O) groups is 1. The zero-order valence-corrected chi connectivity index (χ0v) is 12.6. The van der Waals surface area contributed by atoms with Crippen LogP contribution in [0.3, 0.4) is 0 Å². The van der Waals surface area contributed by atoms with E-state index in [0.29, 0.717) is 12.1 Å². The third-order valence-corrected chi connectivity index (χ3v) is 3.86. The van der Waals surface area contributed by atoms with Crippen LogP contribution in [0.1, 0.15) is 31.4 Å². The highest BCUT2D eigenvalue weighted by atomic mass is 35.5. The molecule has 112 valence electrons. The molecule has 1 aliphatic heterocycles. The van der Waals surface area contributed by atoms with Crippen LogP contribution in [0.2, 0.25) is 0 Å². The van der Waals surface area contributed by atoms with Crippen molar-refractivity contribution in [2.24, 2.45) is 5.41 Å². The Kier molecular flexibility index (Phi) is 6.46. The Morgan fingerprint density at radius 2 is 1.95 bits per heavy atom. The number of hydrogen-bond acceptors (Lipinski definition) is 3. The number of nitrogens with one attached hydrogen (secondary N) is 2. The van der Waals surface area contributed by atoms with Gasteiger partial charge < -0.3 is 15.7 Å². The lowest BCUT2D eigenvalue weighted by Crippen LogP contribution is -2.44. The van der Waals surface area contributed by atoms with Crippen LogP contribution in [0.25, 0.3) is 0 Å². The molecule has 1 atom stereocenters. The average Bonchev–Trinajstić information content (AvgIpc) is 2.46. The molecule has 1 fully saturated rings. The van der Waals surface area contributed by atoms with Gasteiger partial charge in [0, 0.05) is 6.54 Å². The van der Waals surface area contributed by atoms with E-state index >= 15 is 0 Å². The normalized spacial score (nSPS) is 18.7. The Morgan fingerprint density at radius 1 is 1.35 bits per heavy atom. The zero-order chi connectivity index (χ0) is 13.7. The van der Waals surface area contributed by atoms with Gasteiger partial charge in [0.2, 0.25) is 0 Å².